The fourth-order valence-corrected chi connectivity index (χ4v) is 2.41. The van der Waals surface area contributed by atoms with Crippen LogP contribution in [0.15, 0.2) is 42.5 Å². The van der Waals surface area contributed by atoms with Crippen molar-refractivity contribution >= 4 is 11.6 Å². The van der Waals surface area contributed by atoms with Crippen molar-refractivity contribution in [3.05, 3.63) is 69.7 Å². The van der Waals surface area contributed by atoms with Crippen LogP contribution in [-0.2, 0) is 0 Å². The molecule has 0 spiro atoms. The number of hydrogen-bond donors (Lipinski definition) is 2. The number of hydrazine groups is 1. The van der Waals surface area contributed by atoms with E-state index in [1.807, 2.05) is 24.3 Å². The van der Waals surface area contributed by atoms with E-state index in [0.717, 1.165) is 10.6 Å². The molecule has 0 aromatic heterocycles. The molecule has 0 radical (unpaired) electrons. The van der Waals surface area contributed by atoms with Crippen LogP contribution in [0, 0.1) is 13.8 Å². The first-order valence-corrected chi connectivity index (χ1v) is 6.29. The van der Waals surface area contributed by atoms with Gasteiger partial charge in [0.15, 0.2) is 0 Å². The lowest BCUT2D eigenvalue weighted by molar-refractivity contribution is 0.630. The van der Waals surface area contributed by atoms with Crippen molar-refractivity contribution in [1.29, 1.82) is 0 Å². The lowest BCUT2D eigenvalue weighted by Gasteiger charge is -2.21. The Morgan fingerprint density at radius 3 is 2.06 bits per heavy atom. The van der Waals surface area contributed by atoms with Crippen LogP contribution in [0.4, 0.5) is 0 Å². The van der Waals surface area contributed by atoms with Crippen LogP contribution < -0.4 is 11.3 Å². The van der Waals surface area contributed by atoms with Gasteiger partial charge in [0.25, 0.3) is 0 Å². The molecule has 0 saturated heterocycles. The molecule has 0 aliphatic carbocycles. The summed E-state index contributed by atoms with van der Waals surface area (Å²) in [5.74, 6) is 5.73. The van der Waals surface area contributed by atoms with E-state index in [0.29, 0.717) is 0 Å². The monoisotopic (exact) mass is 260 g/mol. The minimum absolute atomic E-state index is 0.0107. The summed E-state index contributed by atoms with van der Waals surface area (Å²) >= 11 is 5.92. The highest BCUT2D eigenvalue weighted by molar-refractivity contribution is 6.30. The zero-order valence-electron chi connectivity index (χ0n) is 10.6. The molecule has 0 saturated carbocycles. The van der Waals surface area contributed by atoms with Gasteiger partial charge in [0.1, 0.15) is 0 Å². The quantitative estimate of drug-likeness (QED) is 0.655. The molecule has 0 heterocycles. The van der Waals surface area contributed by atoms with Gasteiger partial charge in [-0.25, -0.2) is 5.43 Å². The van der Waals surface area contributed by atoms with E-state index in [2.05, 4.69) is 37.5 Å². The van der Waals surface area contributed by atoms with Crippen molar-refractivity contribution in [1.82, 2.24) is 5.43 Å². The number of rotatable bonds is 3. The third kappa shape index (κ3) is 2.56. The Morgan fingerprint density at radius 2 is 1.56 bits per heavy atom. The maximum absolute atomic E-state index is 5.92. The number of aryl methyl sites for hydroxylation is 2. The van der Waals surface area contributed by atoms with Crippen molar-refractivity contribution < 1.29 is 0 Å². The molecule has 2 rings (SSSR count). The molecule has 0 bridgehead atoms. The van der Waals surface area contributed by atoms with Crippen LogP contribution in [0.5, 0.6) is 0 Å². The van der Waals surface area contributed by atoms with Gasteiger partial charge in [0.2, 0.25) is 0 Å². The van der Waals surface area contributed by atoms with Crippen LogP contribution in [-0.4, -0.2) is 0 Å². The van der Waals surface area contributed by atoms with Gasteiger partial charge in [-0.15, -0.1) is 0 Å². The number of nitrogens with two attached hydrogens (primary N) is 1. The molecule has 94 valence electrons. The SMILES string of the molecule is Cc1cccc(C)c1C(NN)c1ccc(Cl)cc1. The maximum atomic E-state index is 5.92. The Balaban J connectivity index is 2.48. The molecule has 1 atom stereocenters. The average molecular weight is 261 g/mol. The normalized spacial score (nSPS) is 12.4. The maximum Gasteiger partial charge on any atom is 0.0715 e. The number of nitrogens with one attached hydrogen (secondary N) is 1. The smallest absolute Gasteiger partial charge is 0.0715 e. The summed E-state index contributed by atoms with van der Waals surface area (Å²) in [4.78, 5) is 0. The minimum Gasteiger partial charge on any atom is -0.271 e. The largest absolute Gasteiger partial charge is 0.271 e. The molecule has 0 aliphatic rings. The molecule has 18 heavy (non-hydrogen) atoms. The van der Waals surface area contributed by atoms with Crippen LogP contribution in [0.25, 0.3) is 0 Å². The van der Waals surface area contributed by atoms with E-state index in [1.165, 1.54) is 16.7 Å². The molecule has 2 aromatic rings. The Labute approximate surface area is 113 Å². The summed E-state index contributed by atoms with van der Waals surface area (Å²) in [6, 6.07) is 14.0. The zero-order chi connectivity index (χ0) is 13.1. The standard InChI is InChI=1S/C15H17ClN2/c1-10-4-3-5-11(2)14(10)15(18-17)12-6-8-13(16)9-7-12/h3-9,15,18H,17H2,1-2H3. The van der Waals surface area contributed by atoms with E-state index in [-0.39, 0.29) is 6.04 Å². The van der Waals surface area contributed by atoms with Gasteiger partial charge in [0.05, 0.1) is 6.04 Å². The molecule has 3 N–H and O–H groups in total. The molecule has 2 aromatic carbocycles. The van der Waals surface area contributed by atoms with E-state index < -0.39 is 0 Å². The lowest BCUT2D eigenvalue weighted by atomic mass is 9.92. The fraction of sp³-hybridized carbons (Fsp3) is 0.200. The van der Waals surface area contributed by atoms with Crippen molar-refractivity contribution in [3.8, 4) is 0 Å². The molecule has 1 unspecified atom stereocenters. The number of benzene rings is 2. The molecular weight excluding hydrogens is 244 g/mol. The third-order valence-corrected chi connectivity index (χ3v) is 3.45. The fourth-order valence-electron chi connectivity index (χ4n) is 2.28. The first kappa shape index (κ1) is 13.1. The second kappa shape index (κ2) is 5.53. The van der Waals surface area contributed by atoms with Crippen LogP contribution in [0.1, 0.15) is 28.3 Å². The van der Waals surface area contributed by atoms with E-state index in [1.54, 1.807) is 0 Å². The van der Waals surface area contributed by atoms with Gasteiger partial charge in [0, 0.05) is 5.02 Å². The molecule has 0 aliphatic heterocycles. The van der Waals surface area contributed by atoms with Crippen LogP contribution in [0.2, 0.25) is 5.02 Å². The Bertz CT molecular complexity index is 514. The van der Waals surface area contributed by atoms with Crippen LogP contribution in [0.3, 0.4) is 0 Å². The molecule has 0 amide bonds. The summed E-state index contributed by atoms with van der Waals surface area (Å²) in [5.41, 5.74) is 7.69. The second-order valence-corrected chi connectivity index (χ2v) is 4.89. The molecular formula is C15H17ClN2. The van der Waals surface area contributed by atoms with Crippen LogP contribution >= 0.6 is 11.6 Å². The highest BCUT2D eigenvalue weighted by Gasteiger charge is 2.16. The summed E-state index contributed by atoms with van der Waals surface area (Å²) < 4.78 is 0. The van der Waals surface area contributed by atoms with Gasteiger partial charge in [-0.05, 0) is 48.2 Å². The van der Waals surface area contributed by atoms with Gasteiger partial charge >= 0.3 is 0 Å². The number of hydrogen-bond acceptors (Lipinski definition) is 2. The van der Waals surface area contributed by atoms with Crippen molar-refractivity contribution in [2.45, 2.75) is 19.9 Å². The summed E-state index contributed by atoms with van der Waals surface area (Å²) in [7, 11) is 0. The zero-order valence-corrected chi connectivity index (χ0v) is 11.3. The second-order valence-electron chi connectivity index (χ2n) is 4.46. The summed E-state index contributed by atoms with van der Waals surface area (Å²) in [5, 5.41) is 0.732. The average Bonchev–Trinajstić information content (AvgIpc) is 2.35. The van der Waals surface area contributed by atoms with E-state index >= 15 is 0 Å². The van der Waals surface area contributed by atoms with Crippen molar-refractivity contribution in [2.75, 3.05) is 0 Å². The summed E-state index contributed by atoms with van der Waals surface area (Å²) in [6.07, 6.45) is 0. The minimum atomic E-state index is -0.0107. The van der Waals surface area contributed by atoms with E-state index in [4.69, 9.17) is 17.4 Å². The lowest BCUT2D eigenvalue weighted by Crippen LogP contribution is -2.30. The van der Waals surface area contributed by atoms with Gasteiger partial charge in [-0.1, -0.05) is 41.9 Å². The predicted molar refractivity (Wildman–Crippen MR) is 76.5 cm³/mol. The molecule has 0 fully saturated rings. The predicted octanol–water partition coefficient (Wildman–Crippen LogP) is 3.51. The highest BCUT2D eigenvalue weighted by Crippen LogP contribution is 2.27. The molecule has 2 nitrogen and oxygen atoms in total. The third-order valence-electron chi connectivity index (χ3n) is 3.20. The first-order valence-electron chi connectivity index (χ1n) is 5.91. The van der Waals surface area contributed by atoms with Gasteiger partial charge < -0.3 is 0 Å². The summed E-state index contributed by atoms with van der Waals surface area (Å²) in [6.45, 7) is 4.20. The molecule has 3 heteroatoms. The Kier molecular flexibility index (Phi) is 4.02. The first-order chi connectivity index (χ1) is 8.63. The van der Waals surface area contributed by atoms with Gasteiger partial charge in [-0.3, -0.25) is 5.84 Å². The number of halogens is 1. The van der Waals surface area contributed by atoms with Gasteiger partial charge in [-0.2, -0.15) is 0 Å². The van der Waals surface area contributed by atoms with Crippen molar-refractivity contribution in [2.24, 2.45) is 5.84 Å². The Morgan fingerprint density at radius 1 is 1.00 bits per heavy atom. The van der Waals surface area contributed by atoms with Crippen molar-refractivity contribution in [3.63, 3.8) is 0 Å². The topological polar surface area (TPSA) is 38.0 Å². The highest BCUT2D eigenvalue weighted by atomic mass is 35.5. The Hall–Kier alpha value is -1.35. The van der Waals surface area contributed by atoms with E-state index in [9.17, 15) is 0 Å².